The van der Waals surface area contributed by atoms with E-state index < -0.39 is 10.0 Å². The highest BCUT2D eigenvalue weighted by Crippen LogP contribution is 2.22. The Labute approximate surface area is 96.9 Å². The average molecular weight is 242 g/mol. The fourth-order valence-electron chi connectivity index (χ4n) is 1.78. The van der Waals surface area contributed by atoms with Crippen LogP contribution in [0.1, 0.15) is 25.0 Å². The Kier molecular flexibility index (Phi) is 3.60. The van der Waals surface area contributed by atoms with Gasteiger partial charge in [-0.1, -0.05) is 0 Å². The third-order valence-corrected chi connectivity index (χ3v) is 4.11. The Morgan fingerprint density at radius 3 is 2.00 bits per heavy atom. The summed E-state index contributed by atoms with van der Waals surface area (Å²) in [6, 6.07) is 3.21. The monoisotopic (exact) mass is 242 g/mol. The van der Waals surface area contributed by atoms with E-state index in [0.29, 0.717) is 21.7 Å². The molecule has 1 aromatic rings. The maximum Gasteiger partial charge on any atom is 0.241 e. The first-order chi connectivity index (χ1) is 7.24. The Morgan fingerprint density at radius 1 is 1.19 bits per heavy atom. The van der Waals surface area contributed by atoms with E-state index in [2.05, 4.69) is 4.72 Å². The van der Waals surface area contributed by atoms with Gasteiger partial charge >= 0.3 is 0 Å². The van der Waals surface area contributed by atoms with Gasteiger partial charge < -0.3 is 5.73 Å². The van der Waals surface area contributed by atoms with Crippen molar-refractivity contribution in [3.05, 3.63) is 23.3 Å². The second-order valence-electron chi connectivity index (χ2n) is 4.26. The van der Waals surface area contributed by atoms with Crippen LogP contribution in [0.15, 0.2) is 17.0 Å². The molecule has 0 saturated carbocycles. The Hall–Kier alpha value is -1.07. The molecule has 5 heteroatoms. The number of benzene rings is 1. The molecular weight excluding hydrogens is 224 g/mol. The fraction of sp³-hybridized carbons (Fsp3) is 0.455. The van der Waals surface area contributed by atoms with Crippen molar-refractivity contribution in [3.63, 3.8) is 0 Å². The third-order valence-electron chi connectivity index (χ3n) is 2.14. The van der Waals surface area contributed by atoms with E-state index in [1.165, 1.54) is 0 Å². The molecule has 0 unspecified atom stereocenters. The average Bonchev–Trinajstić information content (AvgIpc) is 1.96. The molecule has 1 rings (SSSR count). The van der Waals surface area contributed by atoms with Crippen LogP contribution in [-0.4, -0.2) is 14.5 Å². The maximum atomic E-state index is 12.0. The lowest BCUT2D eigenvalue weighted by Crippen LogP contribution is -2.31. The van der Waals surface area contributed by atoms with Crippen molar-refractivity contribution in [1.82, 2.24) is 4.72 Å². The number of rotatable bonds is 3. The zero-order chi connectivity index (χ0) is 12.5. The molecule has 0 aliphatic rings. The molecule has 0 aliphatic heterocycles. The van der Waals surface area contributed by atoms with Crippen molar-refractivity contribution in [2.24, 2.45) is 0 Å². The topological polar surface area (TPSA) is 72.2 Å². The Morgan fingerprint density at radius 2 is 1.62 bits per heavy atom. The molecule has 0 saturated heterocycles. The molecule has 3 N–H and O–H groups in total. The van der Waals surface area contributed by atoms with Crippen LogP contribution in [0, 0.1) is 13.8 Å². The predicted octanol–water partition coefficient (Wildman–Crippen LogP) is 1.57. The summed E-state index contributed by atoms with van der Waals surface area (Å²) in [6.45, 7) is 7.08. The van der Waals surface area contributed by atoms with E-state index in [0.717, 1.165) is 0 Å². The highest BCUT2D eigenvalue weighted by molar-refractivity contribution is 7.89. The number of anilines is 1. The Balaban J connectivity index is 3.34. The van der Waals surface area contributed by atoms with Gasteiger partial charge in [-0.15, -0.1) is 0 Å². The predicted molar refractivity (Wildman–Crippen MR) is 65.8 cm³/mol. The van der Waals surface area contributed by atoms with Gasteiger partial charge in [0.15, 0.2) is 0 Å². The summed E-state index contributed by atoms with van der Waals surface area (Å²) >= 11 is 0. The van der Waals surface area contributed by atoms with Gasteiger partial charge in [0.05, 0.1) is 4.90 Å². The number of aryl methyl sites for hydroxylation is 2. The molecule has 0 aromatic heterocycles. The molecule has 0 fully saturated rings. The maximum absolute atomic E-state index is 12.0. The quantitative estimate of drug-likeness (QED) is 0.790. The molecule has 0 radical (unpaired) electrons. The molecule has 0 spiro atoms. The zero-order valence-electron chi connectivity index (χ0n) is 10.0. The third kappa shape index (κ3) is 2.74. The highest BCUT2D eigenvalue weighted by Gasteiger charge is 2.20. The van der Waals surface area contributed by atoms with Crippen LogP contribution in [0.5, 0.6) is 0 Å². The van der Waals surface area contributed by atoms with E-state index in [1.54, 1.807) is 39.8 Å². The second-order valence-corrected chi connectivity index (χ2v) is 5.91. The van der Waals surface area contributed by atoms with E-state index >= 15 is 0 Å². The van der Waals surface area contributed by atoms with Crippen LogP contribution < -0.4 is 10.5 Å². The normalized spacial score (nSPS) is 12.1. The smallest absolute Gasteiger partial charge is 0.241 e. The number of sulfonamides is 1. The number of hydrogen-bond donors (Lipinski definition) is 2. The van der Waals surface area contributed by atoms with Gasteiger partial charge in [-0.25, -0.2) is 13.1 Å². The minimum absolute atomic E-state index is 0.124. The largest absolute Gasteiger partial charge is 0.399 e. The zero-order valence-corrected chi connectivity index (χ0v) is 10.9. The van der Waals surface area contributed by atoms with Crippen LogP contribution in [0.25, 0.3) is 0 Å². The number of hydrogen-bond acceptors (Lipinski definition) is 3. The number of nitrogens with one attached hydrogen (secondary N) is 1. The molecule has 16 heavy (non-hydrogen) atoms. The first-order valence-electron chi connectivity index (χ1n) is 5.13. The van der Waals surface area contributed by atoms with E-state index in [9.17, 15) is 8.42 Å². The van der Waals surface area contributed by atoms with E-state index in [1.807, 2.05) is 0 Å². The van der Waals surface area contributed by atoms with Crippen LogP contribution in [0.2, 0.25) is 0 Å². The van der Waals surface area contributed by atoms with E-state index in [4.69, 9.17) is 5.73 Å². The van der Waals surface area contributed by atoms with Gasteiger partial charge in [0.2, 0.25) is 10.0 Å². The molecule has 0 heterocycles. The fourth-order valence-corrected chi connectivity index (χ4v) is 3.48. The minimum Gasteiger partial charge on any atom is -0.399 e. The van der Waals surface area contributed by atoms with Crippen molar-refractivity contribution in [2.75, 3.05) is 5.73 Å². The van der Waals surface area contributed by atoms with Gasteiger partial charge in [0.1, 0.15) is 0 Å². The molecular formula is C11H18N2O2S. The highest BCUT2D eigenvalue weighted by atomic mass is 32.2. The van der Waals surface area contributed by atoms with Gasteiger partial charge in [-0.2, -0.15) is 0 Å². The summed E-state index contributed by atoms with van der Waals surface area (Å²) in [4.78, 5) is 0.329. The molecule has 90 valence electrons. The summed E-state index contributed by atoms with van der Waals surface area (Å²) in [5, 5.41) is 0. The van der Waals surface area contributed by atoms with Crippen molar-refractivity contribution in [3.8, 4) is 0 Å². The summed E-state index contributed by atoms with van der Waals surface area (Å²) in [5.74, 6) is 0. The van der Waals surface area contributed by atoms with Crippen LogP contribution in [0.3, 0.4) is 0 Å². The van der Waals surface area contributed by atoms with Crippen molar-refractivity contribution >= 4 is 15.7 Å². The van der Waals surface area contributed by atoms with Gasteiger partial charge in [0.25, 0.3) is 0 Å². The van der Waals surface area contributed by atoms with Crippen molar-refractivity contribution in [1.29, 1.82) is 0 Å². The number of nitrogen functional groups attached to an aromatic ring is 1. The molecule has 0 aliphatic carbocycles. The summed E-state index contributed by atoms with van der Waals surface area (Å²) < 4.78 is 26.7. The lowest BCUT2D eigenvalue weighted by molar-refractivity contribution is 0.568. The van der Waals surface area contributed by atoms with E-state index in [-0.39, 0.29) is 6.04 Å². The molecule has 0 amide bonds. The van der Waals surface area contributed by atoms with Crippen molar-refractivity contribution < 1.29 is 8.42 Å². The lowest BCUT2D eigenvalue weighted by Gasteiger charge is -2.14. The molecule has 1 aromatic carbocycles. The first-order valence-corrected chi connectivity index (χ1v) is 6.61. The summed E-state index contributed by atoms with van der Waals surface area (Å²) in [6.07, 6.45) is 0. The SMILES string of the molecule is Cc1cc(N)cc(C)c1S(=O)(=O)NC(C)C. The summed E-state index contributed by atoms with van der Waals surface area (Å²) in [5.41, 5.74) is 7.58. The second kappa shape index (κ2) is 4.43. The standard InChI is InChI=1S/C11H18N2O2S/c1-7(2)13-16(14,15)11-8(3)5-10(12)6-9(11)4/h5-7,13H,12H2,1-4H3. The molecule has 4 nitrogen and oxygen atoms in total. The van der Waals surface area contributed by atoms with Gasteiger partial charge in [-0.05, 0) is 51.0 Å². The number of nitrogens with two attached hydrogens (primary N) is 1. The minimum atomic E-state index is -3.44. The van der Waals surface area contributed by atoms with Gasteiger partial charge in [0, 0.05) is 11.7 Å². The molecule has 0 atom stereocenters. The van der Waals surface area contributed by atoms with Crippen LogP contribution >= 0.6 is 0 Å². The Bertz CT molecular complexity index is 470. The van der Waals surface area contributed by atoms with Gasteiger partial charge in [-0.3, -0.25) is 0 Å². The van der Waals surface area contributed by atoms with Crippen LogP contribution in [0.4, 0.5) is 5.69 Å². The summed E-state index contributed by atoms with van der Waals surface area (Å²) in [7, 11) is -3.44. The lowest BCUT2D eigenvalue weighted by atomic mass is 10.1. The first kappa shape index (κ1) is 13.0. The van der Waals surface area contributed by atoms with Crippen molar-refractivity contribution in [2.45, 2.75) is 38.6 Å². The molecule has 0 bridgehead atoms. The van der Waals surface area contributed by atoms with Crippen LogP contribution in [-0.2, 0) is 10.0 Å².